The van der Waals surface area contributed by atoms with Gasteiger partial charge in [0.1, 0.15) is 6.54 Å². The summed E-state index contributed by atoms with van der Waals surface area (Å²) < 4.78 is 1.27. The van der Waals surface area contributed by atoms with Crippen LogP contribution in [0.2, 0.25) is 10.0 Å². The molecule has 1 heterocycles. The lowest BCUT2D eigenvalue weighted by Crippen LogP contribution is -2.28. The number of amides is 1. The Morgan fingerprint density at radius 1 is 1.21 bits per heavy atom. The van der Waals surface area contributed by atoms with Gasteiger partial charge in [-0.3, -0.25) is 14.2 Å². The zero-order valence-electron chi connectivity index (χ0n) is 12.7. The van der Waals surface area contributed by atoms with Crippen molar-refractivity contribution < 1.29 is 4.79 Å². The summed E-state index contributed by atoms with van der Waals surface area (Å²) in [5.74, 6) is -0.371. The van der Waals surface area contributed by atoms with Gasteiger partial charge in [-0.15, -0.1) is 0 Å². The molecule has 0 atom stereocenters. The topological polar surface area (TPSA) is 64.0 Å². The molecule has 0 fully saturated rings. The van der Waals surface area contributed by atoms with Crippen LogP contribution in [0.3, 0.4) is 0 Å². The van der Waals surface area contributed by atoms with Crippen LogP contribution in [0, 0.1) is 6.92 Å². The number of fused-ring (bicyclic) bond motifs is 1. The van der Waals surface area contributed by atoms with E-state index in [1.165, 1.54) is 10.9 Å². The Morgan fingerprint density at radius 3 is 2.62 bits per heavy atom. The number of nitrogens with zero attached hydrogens (tertiary/aromatic N) is 2. The number of carbonyl (C=O) groups is 1. The molecule has 24 heavy (non-hydrogen) atoms. The Bertz CT molecular complexity index is 979. The monoisotopic (exact) mass is 361 g/mol. The van der Waals surface area contributed by atoms with E-state index in [0.717, 1.165) is 5.56 Å². The van der Waals surface area contributed by atoms with Crippen LogP contribution in [0.25, 0.3) is 10.9 Å². The predicted octanol–water partition coefficient (Wildman–Crippen LogP) is 3.65. The summed E-state index contributed by atoms with van der Waals surface area (Å²) in [7, 11) is 0. The largest absolute Gasteiger partial charge is 0.324 e. The molecule has 0 aliphatic carbocycles. The third kappa shape index (κ3) is 3.42. The number of aryl methyl sites for hydroxylation is 1. The van der Waals surface area contributed by atoms with Gasteiger partial charge >= 0.3 is 0 Å². The van der Waals surface area contributed by atoms with E-state index in [-0.39, 0.29) is 18.0 Å². The fraction of sp³-hybridized carbons (Fsp3) is 0.118. The van der Waals surface area contributed by atoms with Crippen molar-refractivity contribution >= 4 is 45.7 Å². The molecule has 3 aromatic rings. The normalized spacial score (nSPS) is 10.8. The fourth-order valence-electron chi connectivity index (χ4n) is 2.43. The van der Waals surface area contributed by atoms with Gasteiger partial charge in [-0.25, -0.2) is 4.98 Å². The third-order valence-corrected chi connectivity index (χ3v) is 3.95. The quantitative estimate of drug-likeness (QED) is 0.774. The SMILES string of the molecule is Cc1cccc2c(=O)n(CC(=O)Nc3cc(Cl)cc(Cl)c3)cnc12. The van der Waals surface area contributed by atoms with Crippen LogP contribution in [0.4, 0.5) is 5.69 Å². The smallest absolute Gasteiger partial charge is 0.261 e. The average molecular weight is 362 g/mol. The van der Waals surface area contributed by atoms with E-state index in [1.807, 2.05) is 13.0 Å². The van der Waals surface area contributed by atoms with Crippen molar-refractivity contribution in [3.8, 4) is 0 Å². The molecule has 0 spiro atoms. The van der Waals surface area contributed by atoms with Gasteiger partial charge in [0.15, 0.2) is 0 Å². The highest BCUT2D eigenvalue weighted by atomic mass is 35.5. The fourth-order valence-corrected chi connectivity index (χ4v) is 2.96. The Hall–Kier alpha value is -2.37. The minimum atomic E-state index is -0.371. The first-order valence-electron chi connectivity index (χ1n) is 7.15. The lowest BCUT2D eigenvalue weighted by atomic mass is 10.1. The molecule has 0 unspecified atom stereocenters. The summed E-state index contributed by atoms with van der Waals surface area (Å²) in [6.07, 6.45) is 1.38. The summed E-state index contributed by atoms with van der Waals surface area (Å²) in [5.41, 5.74) is 1.76. The molecular formula is C17H13Cl2N3O2. The van der Waals surface area contributed by atoms with Crippen LogP contribution in [0.1, 0.15) is 5.56 Å². The van der Waals surface area contributed by atoms with Crippen molar-refractivity contribution in [2.75, 3.05) is 5.32 Å². The number of aromatic nitrogens is 2. The zero-order chi connectivity index (χ0) is 17.3. The Kier molecular flexibility index (Phi) is 4.55. The molecule has 1 amide bonds. The summed E-state index contributed by atoms with van der Waals surface area (Å²) >= 11 is 11.8. The highest BCUT2D eigenvalue weighted by molar-refractivity contribution is 6.35. The van der Waals surface area contributed by atoms with Crippen molar-refractivity contribution in [1.29, 1.82) is 0 Å². The minimum absolute atomic E-state index is 0.153. The highest BCUT2D eigenvalue weighted by Gasteiger charge is 2.10. The van der Waals surface area contributed by atoms with E-state index in [4.69, 9.17) is 23.2 Å². The number of benzene rings is 2. The van der Waals surface area contributed by atoms with Crippen molar-refractivity contribution in [2.24, 2.45) is 0 Å². The Morgan fingerprint density at radius 2 is 1.92 bits per heavy atom. The van der Waals surface area contributed by atoms with Gasteiger partial charge in [-0.1, -0.05) is 35.3 Å². The molecule has 0 saturated heterocycles. The molecule has 0 radical (unpaired) electrons. The Balaban J connectivity index is 1.85. The van der Waals surface area contributed by atoms with Crippen LogP contribution in [0.15, 0.2) is 47.5 Å². The lowest BCUT2D eigenvalue weighted by Gasteiger charge is -2.09. The molecule has 7 heteroatoms. The third-order valence-electron chi connectivity index (χ3n) is 3.52. The molecule has 1 N–H and O–H groups in total. The molecular weight excluding hydrogens is 349 g/mol. The van der Waals surface area contributed by atoms with E-state index in [9.17, 15) is 9.59 Å². The number of anilines is 1. The summed E-state index contributed by atoms with van der Waals surface area (Å²) in [6.45, 7) is 1.73. The number of nitrogens with one attached hydrogen (secondary N) is 1. The van der Waals surface area contributed by atoms with Crippen LogP contribution in [0.5, 0.6) is 0 Å². The first-order chi connectivity index (χ1) is 11.4. The van der Waals surface area contributed by atoms with Gasteiger partial charge in [-0.2, -0.15) is 0 Å². The van der Waals surface area contributed by atoms with Gasteiger partial charge in [0.25, 0.3) is 5.56 Å². The second kappa shape index (κ2) is 6.63. The van der Waals surface area contributed by atoms with Crippen LogP contribution < -0.4 is 10.9 Å². The number of halogens is 2. The van der Waals surface area contributed by atoms with Gasteiger partial charge in [-0.05, 0) is 36.8 Å². The highest BCUT2D eigenvalue weighted by Crippen LogP contribution is 2.22. The van der Waals surface area contributed by atoms with Crippen LogP contribution in [-0.2, 0) is 11.3 Å². The molecule has 1 aromatic heterocycles. The van der Waals surface area contributed by atoms with Gasteiger partial charge < -0.3 is 5.32 Å². The first kappa shape index (κ1) is 16.5. The van der Waals surface area contributed by atoms with Crippen LogP contribution >= 0.6 is 23.2 Å². The molecule has 0 aliphatic heterocycles. The number of hydrogen-bond donors (Lipinski definition) is 1. The van der Waals surface area contributed by atoms with Crippen molar-refractivity contribution in [2.45, 2.75) is 13.5 Å². The maximum atomic E-state index is 12.5. The maximum Gasteiger partial charge on any atom is 0.261 e. The minimum Gasteiger partial charge on any atom is -0.324 e. The number of carbonyl (C=O) groups excluding carboxylic acids is 1. The molecule has 122 valence electrons. The van der Waals surface area contributed by atoms with E-state index in [2.05, 4.69) is 10.3 Å². The Labute approximate surface area is 147 Å². The second-order valence-electron chi connectivity index (χ2n) is 5.36. The zero-order valence-corrected chi connectivity index (χ0v) is 14.2. The van der Waals surface area contributed by atoms with Crippen molar-refractivity contribution in [3.05, 3.63) is 68.7 Å². The summed E-state index contributed by atoms with van der Waals surface area (Å²) in [4.78, 5) is 28.9. The predicted molar refractivity (Wildman–Crippen MR) is 95.8 cm³/mol. The van der Waals surface area contributed by atoms with Crippen LogP contribution in [-0.4, -0.2) is 15.5 Å². The number of para-hydroxylation sites is 1. The number of hydrogen-bond acceptors (Lipinski definition) is 3. The van der Waals surface area contributed by atoms with Crippen molar-refractivity contribution in [3.63, 3.8) is 0 Å². The van der Waals surface area contributed by atoms with Gasteiger partial charge in [0, 0.05) is 15.7 Å². The molecule has 3 rings (SSSR count). The maximum absolute atomic E-state index is 12.5. The lowest BCUT2D eigenvalue weighted by molar-refractivity contribution is -0.116. The van der Waals surface area contributed by atoms with Gasteiger partial charge in [0.05, 0.1) is 17.2 Å². The molecule has 0 bridgehead atoms. The number of rotatable bonds is 3. The molecule has 0 aliphatic rings. The molecule has 2 aromatic carbocycles. The summed E-state index contributed by atoms with van der Waals surface area (Å²) in [6, 6.07) is 10.1. The van der Waals surface area contributed by atoms with Crippen molar-refractivity contribution in [1.82, 2.24) is 9.55 Å². The van der Waals surface area contributed by atoms with E-state index in [1.54, 1.807) is 30.3 Å². The first-order valence-corrected chi connectivity index (χ1v) is 7.90. The average Bonchev–Trinajstić information content (AvgIpc) is 2.49. The van der Waals surface area contributed by atoms with E-state index in [0.29, 0.717) is 26.6 Å². The van der Waals surface area contributed by atoms with E-state index < -0.39 is 0 Å². The second-order valence-corrected chi connectivity index (χ2v) is 6.23. The molecule has 5 nitrogen and oxygen atoms in total. The molecule has 0 saturated carbocycles. The summed E-state index contributed by atoms with van der Waals surface area (Å²) in [5, 5.41) is 3.98. The standard InChI is InChI=1S/C17H13Cl2N3O2/c1-10-3-2-4-14-16(10)20-9-22(17(14)24)8-15(23)21-13-6-11(18)5-12(19)7-13/h2-7,9H,8H2,1H3,(H,21,23). The van der Waals surface area contributed by atoms with E-state index >= 15 is 0 Å². The van der Waals surface area contributed by atoms with Gasteiger partial charge in [0.2, 0.25) is 5.91 Å².